The average molecular weight is 428 g/mol. The molecule has 164 valence electrons. The van der Waals surface area contributed by atoms with Crippen LogP contribution in [-0.4, -0.2) is 69.0 Å². The third kappa shape index (κ3) is 2.66. The monoisotopic (exact) mass is 428 g/mol. The van der Waals surface area contributed by atoms with E-state index in [9.17, 15) is 34.8 Å². The highest BCUT2D eigenvalue weighted by Crippen LogP contribution is 2.54. The Balaban J connectivity index is 1.99. The van der Waals surface area contributed by atoms with Gasteiger partial charge in [0.1, 0.15) is 22.8 Å². The SMILES string of the molecule is C[C@@H]1c2cccc(O)c2C(O)=C2C(=O)[C@@H]3C(=O)C(C(N)=O)=C(O)[C@H](N(C)C)[C@@H]3[C@@H](O)[C@@H]21. The van der Waals surface area contributed by atoms with Crippen molar-refractivity contribution < 1.29 is 34.8 Å². The van der Waals surface area contributed by atoms with Crippen molar-refractivity contribution in [3.8, 4) is 5.75 Å². The predicted octanol–water partition coefficient (Wildman–Crippen LogP) is 0.381. The van der Waals surface area contributed by atoms with Crippen LogP contribution in [0.4, 0.5) is 0 Å². The van der Waals surface area contributed by atoms with E-state index in [2.05, 4.69) is 0 Å². The third-order valence-corrected chi connectivity index (χ3v) is 6.86. The number of phenols is 1. The molecule has 0 aromatic heterocycles. The van der Waals surface area contributed by atoms with Gasteiger partial charge in [-0.25, -0.2) is 0 Å². The highest BCUT2D eigenvalue weighted by Gasteiger charge is 2.60. The quantitative estimate of drug-likeness (QED) is 0.334. The number of aliphatic hydroxyl groups is 3. The summed E-state index contributed by atoms with van der Waals surface area (Å²) in [5.41, 5.74) is 5.11. The van der Waals surface area contributed by atoms with Crippen LogP contribution < -0.4 is 5.73 Å². The number of fused-ring (bicyclic) bond motifs is 3. The summed E-state index contributed by atoms with van der Waals surface area (Å²) in [7, 11) is 3.17. The Hall–Kier alpha value is -3.17. The van der Waals surface area contributed by atoms with Crippen LogP contribution in [0.15, 0.2) is 35.1 Å². The van der Waals surface area contributed by atoms with Crippen LogP contribution in [0.2, 0.25) is 0 Å². The fraction of sp³-hybridized carbons (Fsp3) is 0.409. The van der Waals surface area contributed by atoms with Gasteiger partial charge in [-0.15, -0.1) is 0 Å². The van der Waals surface area contributed by atoms with E-state index >= 15 is 0 Å². The van der Waals surface area contributed by atoms with Crippen molar-refractivity contribution in [1.29, 1.82) is 0 Å². The maximum Gasteiger partial charge on any atom is 0.255 e. The molecule has 9 nitrogen and oxygen atoms in total. The van der Waals surface area contributed by atoms with Gasteiger partial charge in [0.25, 0.3) is 5.91 Å². The zero-order valence-electron chi connectivity index (χ0n) is 17.2. The van der Waals surface area contributed by atoms with Gasteiger partial charge in [-0.3, -0.25) is 19.3 Å². The first-order valence-electron chi connectivity index (χ1n) is 9.91. The second kappa shape index (κ2) is 6.93. The lowest BCUT2D eigenvalue weighted by Crippen LogP contribution is -2.61. The number of aliphatic hydroxyl groups excluding tert-OH is 3. The molecule has 0 saturated heterocycles. The van der Waals surface area contributed by atoms with Gasteiger partial charge < -0.3 is 26.2 Å². The molecule has 1 saturated carbocycles. The van der Waals surface area contributed by atoms with E-state index in [1.807, 2.05) is 0 Å². The molecular formula is C22H24N2O7. The largest absolute Gasteiger partial charge is 0.510 e. The zero-order valence-corrected chi connectivity index (χ0v) is 17.2. The van der Waals surface area contributed by atoms with Crippen LogP contribution in [0, 0.1) is 17.8 Å². The van der Waals surface area contributed by atoms with Gasteiger partial charge in [0, 0.05) is 17.4 Å². The van der Waals surface area contributed by atoms with Crippen molar-refractivity contribution in [2.75, 3.05) is 14.1 Å². The topological polar surface area (TPSA) is 161 Å². The van der Waals surface area contributed by atoms with E-state index in [1.165, 1.54) is 11.0 Å². The highest BCUT2D eigenvalue weighted by atomic mass is 16.3. The number of carbonyl (C=O) groups is 3. The number of nitrogens with zero attached hydrogens (tertiary/aromatic N) is 1. The van der Waals surface area contributed by atoms with Crippen LogP contribution in [0.1, 0.15) is 24.0 Å². The fourth-order valence-corrected chi connectivity index (χ4v) is 5.57. The van der Waals surface area contributed by atoms with E-state index in [-0.39, 0.29) is 16.9 Å². The molecule has 1 fully saturated rings. The lowest BCUT2D eigenvalue weighted by molar-refractivity contribution is -0.143. The summed E-state index contributed by atoms with van der Waals surface area (Å²) in [5.74, 6) is -8.11. The maximum absolute atomic E-state index is 13.6. The number of ketones is 2. The van der Waals surface area contributed by atoms with Crippen LogP contribution >= 0.6 is 0 Å². The Labute approximate surface area is 178 Å². The second-order valence-electron chi connectivity index (χ2n) is 8.63. The standard InChI is InChI=1S/C22H24N2O7/c1-7-8-5-4-6-9(25)11(8)18(27)13-10(7)17(26)12-14(19(13)28)20(29)15(22(23)31)21(30)16(12)24(2)3/h4-7,10,12,14,16-17,25-27,30H,1-3H3,(H2,23,31)/t7-,10-,12-,14-,16-,17+/m1/s1. The van der Waals surface area contributed by atoms with Crippen molar-refractivity contribution in [2.45, 2.75) is 25.0 Å². The number of nitrogens with two attached hydrogens (primary N) is 1. The smallest absolute Gasteiger partial charge is 0.255 e. The van der Waals surface area contributed by atoms with Crippen LogP contribution in [0.5, 0.6) is 5.75 Å². The van der Waals surface area contributed by atoms with Crippen LogP contribution in [0.3, 0.4) is 0 Å². The Morgan fingerprint density at radius 1 is 1.10 bits per heavy atom. The first-order valence-corrected chi connectivity index (χ1v) is 9.91. The number of phenolic OH excluding ortho intramolecular Hbond substituents is 1. The molecule has 6 N–H and O–H groups in total. The van der Waals surface area contributed by atoms with E-state index in [4.69, 9.17) is 5.73 Å². The number of hydrogen-bond donors (Lipinski definition) is 5. The van der Waals surface area contributed by atoms with Gasteiger partial charge in [0.15, 0.2) is 11.6 Å². The number of amides is 1. The number of primary amides is 1. The molecule has 3 aliphatic rings. The Bertz CT molecular complexity index is 1090. The molecule has 6 atom stereocenters. The van der Waals surface area contributed by atoms with Crippen molar-refractivity contribution in [3.05, 3.63) is 46.2 Å². The Morgan fingerprint density at radius 3 is 2.32 bits per heavy atom. The van der Waals surface area contributed by atoms with Gasteiger partial charge in [-0.2, -0.15) is 0 Å². The summed E-state index contributed by atoms with van der Waals surface area (Å²) in [4.78, 5) is 40.1. The lowest BCUT2D eigenvalue weighted by Gasteiger charge is -2.50. The maximum atomic E-state index is 13.6. The van der Waals surface area contributed by atoms with Gasteiger partial charge in [-0.05, 0) is 31.6 Å². The molecule has 0 unspecified atom stereocenters. The molecular weight excluding hydrogens is 404 g/mol. The molecule has 1 aromatic carbocycles. The summed E-state index contributed by atoms with van der Waals surface area (Å²) < 4.78 is 0. The molecule has 0 aliphatic heterocycles. The molecule has 1 aromatic rings. The third-order valence-electron chi connectivity index (χ3n) is 6.86. The summed E-state index contributed by atoms with van der Waals surface area (Å²) in [5, 5.41) is 43.3. The number of rotatable bonds is 2. The number of likely N-dealkylation sites (N-methyl/N-ethyl adjacent to an activating group) is 1. The molecule has 9 heteroatoms. The Kier molecular flexibility index (Phi) is 4.71. The summed E-state index contributed by atoms with van der Waals surface area (Å²) in [6.45, 7) is 1.76. The predicted molar refractivity (Wildman–Crippen MR) is 109 cm³/mol. The second-order valence-corrected chi connectivity index (χ2v) is 8.63. The van der Waals surface area contributed by atoms with Gasteiger partial charge >= 0.3 is 0 Å². The minimum atomic E-state index is -1.51. The van der Waals surface area contributed by atoms with Crippen molar-refractivity contribution >= 4 is 23.2 Å². The highest BCUT2D eigenvalue weighted by molar-refractivity contribution is 6.28. The van der Waals surface area contributed by atoms with Gasteiger partial charge in [0.2, 0.25) is 0 Å². The zero-order chi connectivity index (χ0) is 22.9. The summed E-state index contributed by atoms with van der Waals surface area (Å²) in [6, 6.07) is 3.65. The number of Topliss-reactive ketones (excluding diaryl/α,β-unsaturated/α-hetero) is 2. The van der Waals surface area contributed by atoms with E-state index in [1.54, 1.807) is 33.2 Å². The van der Waals surface area contributed by atoms with Crippen molar-refractivity contribution in [1.82, 2.24) is 4.90 Å². The van der Waals surface area contributed by atoms with Crippen molar-refractivity contribution in [3.63, 3.8) is 0 Å². The minimum Gasteiger partial charge on any atom is -0.510 e. The number of aromatic hydroxyl groups is 1. The molecule has 0 radical (unpaired) electrons. The molecule has 0 bridgehead atoms. The van der Waals surface area contributed by atoms with E-state index < -0.39 is 70.4 Å². The average Bonchev–Trinajstić information content (AvgIpc) is 2.67. The first kappa shape index (κ1) is 21.1. The molecule has 3 aliphatic carbocycles. The van der Waals surface area contributed by atoms with Crippen LogP contribution in [-0.2, 0) is 14.4 Å². The van der Waals surface area contributed by atoms with E-state index in [0.717, 1.165) is 0 Å². The molecule has 4 rings (SSSR count). The summed E-state index contributed by atoms with van der Waals surface area (Å²) >= 11 is 0. The molecule has 0 heterocycles. The molecule has 1 amide bonds. The van der Waals surface area contributed by atoms with Crippen LogP contribution in [0.25, 0.3) is 5.76 Å². The number of hydrogen-bond acceptors (Lipinski definition) is 8. The minimum absolute atomic E-state index is 0.0844. The van der Waals surface area contributed by atoms with Crippen molar-refractivity contribution in [2.24, 2.45) is 23.5 Å². The normalized spacial score (nSPS) is 32.7. The molecule has 31 heavy (non-hydrogen) atoms. The summed E-state index contributed by atoms with van der Waals surface area (Å²) in [6.07, 6.45) is -1.31. The number of benzene rings is 1. The number of carbonyl (C=O) groups excluding carboxylic acids is 3. The fourth-order valence-electron chi connectivity index (χ4n) is 5.57. The first-order chi connectivity index (χ1) is 14.5. The van der Waals surface area contributed by atoms with Gasteiger partial charge in [0.05, 0.1) is 23.6 Å². The lowest BCUT2D eigenvalue weighted by atomic mass is 9.56. The van der Waals surface area contributed by atoms with E-state index in [0.29, 0.717) is 5.56 Å². The van der Waals surface area contributed by atoms with Gasteiger partial charge in [-0.1, -0.05) is 19.1 Å². The Morgan fingerprint density at radius 2 is 1.74 bits per heavy atom. The molecule has 0 spiro atoms.